The largest absolute Gasteiger partial charge is 0.367 e. The van der Waals surface area contributed by atoms with E-state index in [-0.39, 0.29) is 5.82 Å². The average molecular weight is 322 g/mol. The zero-order valence-electron chi connectivity index (χ0n) is 9.43. The van der Waals surface area contributed by atoms with Gasteiger partial charge in [0.05, 0.1) is 0 Å². The molecule has 0 saturated heterocycles. The Morgan fingerprint density at radius 2 is 2.24 bits per heavy atom. The molecule has 94 valence electrons. The van der Waals surface area contributed by atoms with Gasteiger partial charge in [0, 0.05) is 23.1 Å². The minimum Gasteiger partial charge on any atom is -0.367 e. The van der Waals surface area contributed by atoms with Crippen molar-refractivity contribution < 1.29 is 4.39 Å². The van der Waals surface area contributed by atoms with Crippen LogP contribution in [0.3, 0.4) is 0 Å². The number of rotatable bonds is 4. The summed E-state index contributed by atoms with van der Waals surface area (Å²) in [5, 5.41) is 3.08. The van der Waals surface area contributed by atoms with Gasteiger partial charge in [-0.2, -0.15) is 0 Å². The van der Waals surface area contributed by atoms with E-state index >= 15 is 0 Å². The van der Waals surface area contributed by atoms with Crippen molar-refractivity contribution in [3.63, 3.8) is 0 Å². The van der Waals surface area contributed by atoms with E-state index in [0.29, 0.717) is 28.0 Å². The molecule has 1 aliphatic carbocycles. The van der Waals surface area contributed by atoms with Crippen LogP contribution in [0.4, 0.5) is 10.2 Å². The number of nitrogens with zero attached hydrogens (tertiary/aromatic N) is 1. The highest BCUT2D eigenvalue weighted by molar-refractivity contribution is 9.10. The van der Waals surface area contributed by atoms with Crippen LogP contribution >= 0.6 is 27.5 Å². The number of pyridine rings is 1. The predicted molar refractivity (Wildman–Crippen MR) is 71.9 cm³/mol. The molecule has 2 nitrogen and oxygen atoms in total. The van der Waals surface area contributed by atoms with Gasteiger partial charge in [-0.1, -0.05) is 6.42 Å². The molecule has 2 unspecified atom stereocenters. The highest BCUT2D eigenvalue weighted by Crippen LogP contribution is 2.32. The number of hydrogen-bond acceptors (Lipinski definition) is 2. The van der Waals surface area contributed by atoms with Crippen LogP contribution in [0.5, 0.6) is 0 Å². The zero-order valence-corrected chi connectivity index (χ0v) is 11.8. The van der Waals surface area contributed by atoms with Gasteiger partial charge >= 0.3 is 0 Å². The van der Waals surface area contributed by atoms with Crippen molar-refractivity contribution in [2.45, 2.75) is 19.3 Å². The van der Waals surface area contributed by atoms with Gasteiger partial charge in [-0.15, -0.1) is 11.6 Å². The van der Waals surface area contributed by atoms with Gasteiger partial charge in [-0.25, -0.2) is 9.37 Å². The van der Waals surface area contributed by atoms with E-state index in [1.165, 1.54) is 25.3 Å². The third-order valence-corrected chi connectivity index (χ3v) is 4.18. The lowest BCUT2D eigenvalue weighted by Gasteiger charge is -2.18. The fraction of sp³-hybridized carbons (Fsp3) is 0.583. The van der Waals surface area contributed by atoms with Gasteiger partial charge in [-0.3, -0.25) is 0 Å². The minimum atomic E-state index is -0.320. The molecule has 1 heterocycles. The Bertz CT molecular complexity index is 389. The molecule has 0 bridgehead atoms. The first-order valence-corrected chi connectivity index (χ1v) is 7.14. The van der Waals surface area contributed by atoms with Gasteiger partial charge in [0.1, 0.15) is 0 Å². The fourth-order valence-corrected chi connectivity index (χ4v) is 3.07. The summed E-state index contributed by atoms with van der Waals surface area (Å²) in [5.74, 6) is 1.80. The highest BCUT2D eigenvalue weighted by Gasteiger charge is 2.26. The van der Waals surface area contributed by atoms with Crippen LogP contribution in [0.15, 0.2) is 16.7 Å². The first-order valence-electron chi connectivity index (χ1n) is 5.81. The highest BCUT2D eigenvalue weighted by atomic mass is 79.9. The molecule has 0 amide bonds. The van der Waals surface area contributed by atoms with Crippen LogP contribution in [-0.2, 0) is 0 Å². The van der Waals surface area contributed by atoms with E-state index in [9.17, 15) is 4.39 Å². The first-order chi connectivity index (χ1) is 8.20. The van der Waals surface area contributed by atoms with Crippen molar-refractivity contribution in [2.24, 2.45) is 11.8 Å². The number of aromatic nitrogens is 1. The van der Waals surface area contributed by atoms with Crippen LogP contribution in [0.1, 0.15) is 19.3 Å². The third-order valence-electron chi connectivity index (χ3n) is 3.35. The van der Waals surface area contributed by atoms with E-state index in [4.69, 9.17) is 11.6 Å². The lowest BCUT2D eigenvalue weighted by molar-refractivity contribution is 0.443. The van der Waals surface area contributed by atoms with E-state index in [0.717, 1.165) is 6.54 Å². The van der Waals surface area contributed by atoms with Gasteiger partial charge in [0.15, 0.2) is 11.6 Å². The van der Waals surface area contributed by atoms with E-state index in [2.05, 4.69) is 26.2 Å². The molecule has 2 rings (SSSR count). The summed E-state index contributed by atoms with van der Waals surface area (Å²) in [6.45, 7) is 0.753. The topological polar surface area (TPSA) is 24.9 Å². The summed E-state index contributed by atoms with van der Waals surface area (Å²) in [5.41, 5.74) is 0. The van der Waals surface area contributed by atoms with Gasteiger partial charge < -0.3 is 5.32 Å². The predicted octanol–water partition coefficient (Wildman–Crippen LogP) is 4.05. The monoisotopic (exact) mass is 320 g/mol. The molecule has 0 radical (unpaired) electrons. The SMILES string of the molecule is Fc1cc(Br)cnc1NCC1CCCC1CCl. The second kappa shape index (κ2) is 6.01. The molecule has 0 aromatic carbocycles. The molecule has 1 saturated carbocycles. The Hall–Kier alpha value is -0.350. The average Bonchev–Trinajstić information content (AvgIpc) is 2.75. The van der Waals surface area contributed by atoms with Crippen LogP contribution in [0, 0.1) is 17.7 Å². The maximum absolute atomic E-state index is 13.5. The Morgan fingerprint density at radius 1 is 1.47 bits per heavy atom. The number of alkyl halides is 1. The summed E-state index contributed by atoms with van der Waals surface area (Å²) >= 11 is 9.10. The quantitative estimate of drug-likeness (QED) is 0.846. The maximum atomic E-state index is 13.5. The second-order valence-corrected chi connectivity index (χ2v) is 5.69. The van der Waals surface area contributed by atoms with Crippen molar-refractivity contribution in [1.82, 2.24) is 4.98 Å². The third kappa shape index (κ3) is 3.32. The van der Waals surface area contributed by atoms with Crippen molar-refractivity contribution in [2.75, 3.05) is 17.7 Å². The fourth-order valence-electron chi connectivity index (χ4n) is 2.36. The molecule has 17 heavy (non-hydrogen) atoms. The van der Waals surface area contributed by atoms with E-state index in [1.807, 2.05) is 0 Å². The molecule has 0 aliphatic heterocycles. The van der Waals surface area contributed by atoms with Crippen molar-refractivity contribution >= 4 is 33.3 Å². The molecule has 1 aliphatic rings. The molecule has 1 aromatic rings. The smallest absolute Gasteiger partial charge is 0.166 e. The van der Waals surface area contributed by atoms with Crippen LogP contribution < -0.4 is 5.32 Å². The second-order valence-electron chi connectivity index (χ2n) is 4.47. The number of nitrogens with one attached hydrogen (secondary N) is 1. The number of hydrogen-bond donors (Lipinski definition) is 1. The number of anilines is 1. The van der Waals surface area contributed by atoms with Crippen LogP contribution in [-0.4, -0.2) is 17.4 Å². The lowest BCUT2D eigenvalue weighted by Crippen LogP contribution is -2.20. The lowest BCUT2D eigenvalue weighted by atomic mass is 9.98. The molecular weight excluding hydrogens is 307 g/mol. The van der Waals surface area contributed by atoms with E-state index in [1.54, 1.807) is 6.20 Å². The van der Waals surface area contributed by atoms with Gasteiger partial charge in [-0.05, 0) is 46.7 Å². The summed E-state index contributed by atoms with van der Waals surface area (Å²) in [4.78, 5) is 4.02. The Balaban J connectivity index is 1.93. The molecular formula is C12H15BrClFN2. The summed E-state index contributed by atoms with van der Waals surface area (Å²) < 4.78 is 14.2. The standard InChI is InChI=1S/C12H15BrClFN2/c13-10-4-11(15)12(17-7-10)16-6-9-3-1-2-8(9)5-14/h4,7-9H,1-3,5-6H2,(H,16,17). The Labute approximate surface area is 114 Å². The molecule has 1 aromatic heterocycles. The summed E-state index contributed by atoms with van der Waals surface area (Å²) in [6, 6.07) is 1.42. The number of halogens is 3. The van der Waals surface area contributed by atoms with Crippen molar-refractivity contribution in [3.05, 3.63) is 22.6 Å². The summed E-state index contributed by atoms with van der Waals surface area (Å²) in [6.07, 6.45) is 5.17. The van der Waals surface area contributed by atoms with Gasteiger partial charge in [0.25, 0.3) is 0 Å². The van der Waals surface area contributed by atoms with Crippen molar-refractivity contribution in [3.8, 4) is 0 Å². The minimum absolute atomic E-state index is 0.320. The van der Waals surface area contributed by atoms with Gasteiger partial charge in [0.2, 0.25) is 0 Å². The van der Waals surface area contributed by atoms with Crippen LogP contribution in [0.2, 0.25) is 0 Å². The molecule has 1 fully saturated rings. The zero-order chi connectivity index (χ0) is 12.3. The Kier molecular flexibility index (Phi) is 4.62. The Morgan fingerprint density at radius 3 is 2.94 bits per heavy atom. The molecule has 1 N–H and O–H groups in total. The maximum Gasteiger partial charge on any atom is 0.166 e. The normalized spacial score (nSPS) is 23.9. The first kappa shape index (κ1) is 13.1. The molecule has 5 heteroatoms. The van der Waals surface area contributed by atoms with Crippen LogP contribution in [0.25, 0.3) is 0 Å². The molecule has 0 spiro atoms. The molecule has 2 atom stereocenters. The van der Waals surface area contributed by atoms with E-state index < -0.39 is 0 Å². The summed E-state index contributed by atoms with van der Waals surface area (Å²) in [7, 11) is 0. The van der Waals surface area contributed by atoms with Crippen molar-refractivity contribution in [1.29, 1.82) is 0 Å².